The van der Waals surface area contributed by atoms with E-state index in [1.807, 2.05) is 0 Å². The number of nitrogens with two attached hydrogens (primary N) is 1. The Bertz CT molecular complexity index is 941. The van der Waals surface area contributed by atoms with Gasteiger partial charge in [0.2, 0.25) is 0 Å². The van der Waals surface area contributed by atoms with Gasteiger partial charge >= 0.3 is 5.69 Å². The van der Waals surface area contributed by atoms with E-state index in [9.17, 15) is 9.59 Å². The molecule has 8 nitrogen and oxygen atoms in total. The van der Waals surface area contributed by atoms with Gasteiger partial charge in [-0.3, -0.25) is 4.79 Å². The number of methoxy groups -OCH3 is 1. The Morgan fingerprint density at radius 1 is 1.32 bits per heavy atom. The van der Waals surface area contributed by atoms with E-state index in [2.05, 4.69) is 15.0 Å². The Balaban J connectivity index is 2.43. The molecule has 8 heteroatoms. The molecule has 0 aliphatic rings. The summed E-state index contributed by atoms with van der Waals surface area (Å²) in [6, 6.07) is 7.00. The number of amides is 1. The summed E-state index contributed by atoms with van der Waals surface area (Å²) >= 11 is 0. The average Bonchev–Trinajstić information content (AvgIpc) is 2.81. The molecule has 0 spiro atoms. The summed E-state index contributed by atoms with van der Waals surface area (Å²) in [6.45, 7) is 1.62. The first kappa shape index (κ1) is 13.8. The third-order valence-electron chi connectivity index (χ3n) is 3.21. The van der Waals surface area contributed by atoms with Crippen LogP contribution in [-0.4, -0.2) is 32.5 Å². The number of aromatic nitrogens is 4. The van der Waals surface area contributed by atoms with Gasteiger partial charge in [0.05, 0.1) is 12.8 Å². The minimum absolute atomic E-state index is 0.0201. The lowest BCUT2D eigenvalue weighted by atomic mass is 10.3. The maximum Gasteiger partial charge on any atom is 0.332 e. The Morgan fingerprint density at radius 2 is 2.05 bits per heavy atom. The van der Waals surface area contributed by atoms with Gasteiger partial charge < -0.3 is 15.5 Å². The zero-order chi connectivity index (χ0) is 15.9. The second kappa shape index (κ2) is 4.99. The second-order valence-corrected chi connectivity index (χ2v) is 4.62. The van der Waals surface area contributed by atoms with Crippen LogP contribution in [-0.2, 0) is 0 Å². The van der Waals surface area contributed by atoms with Gasteiger partial charge in [0, 0.05) is 0 Å². The molecule has 22 heavy (non-hydrogen) atoms. The standard InChI is InChI=1S/C14H13N5O3/c1-7-16-10(12(15)20)11-13(17-7)19(14(21)18-11)8-5-3-4-6-9(8)22-2/h3-6H,1-2H3,(H2,15,20)(H,18,21). The lowest BCUT2D eigenvalue weighted by molar-refractivity contribution is 0.0997. The molecule has 0 aliphatic heterocycles. The number of hydrogen-bond acceptors (Lipinski definition) is 5. The summed E-state index contributed by atoms with van der Waals surface area (Å²) in [5.74, 6) is 0.107. The van der Waals surface area contributed by atoms with E-state index in [-0.39, 0.29) is 16.9 Å². The molecule has 0 radical (unpaired) electrons. The maximum atomic E-state index is 12.3. The van der Waals surface area contributed by atoms with Crippen LogP contribution in [0.3, 0.4) is 0 Å². The third-order valence-corrected chi connectivity index (χ3v) is 3.21. The molecule has 2 aromatic heterocycles. The summed E-state index contributed by atoms with van der Waals surface area (Å²) in [5, 5.41) is 0. The SMILES string of the molecule is COc1ccccc1-n1c(=O)[nH]c2c(C(N)=O)nc(C)nc21. The molecule has 0 bridgehead atoms. The molecule has 0 unspecified atom stereocenters. The number of H-pyrrole nitrogens is 1. The highest BCUT2D eigenvalue weighted by Gasteiger charge is 2.19. The van der Waals surface area contributed by atoms with Gasteiger partial charge in [0.1, 0.15) is 17.1 Å². The Kier molecular flexibility index (Phi) is 3.13. The molecule has 2 heterocycles. The van der Waals surface area contributed by atoms with Crippen LogP contribution in [0.15, 0.2) is 29.1 Å². The number of fused-ring (bicyclic) bond motifs is 1. The minimum atomic E-state index is -0.732. The number of rotatable bonds is 3. The second-order valence-electron chi connectivity index (χ2n) is 4.62. The van der Waals surface area contributed by atoms with Crippen molar-refractivity contribution in [3.05, 3.63) is 46.3 Å². The number of carbonyl (C=O) groups is 1. The smallest absolute Gasteiger partial charge is 0.332 e. The molecule has 3 rings (SSSR count). The Hall–Kier alpha value is -3.16. The molecule has 3 aromatic rings. The number of aromatic amines is 1. The van der Waals surface area contributed by atoms with Crippen LogP contribution in [0, 0.1) is 6.92 Å². The first-order valence-corrected chi connectivity index (χ1v) is 6.45. The third kappa shape index (κ3) is 2.01. The number of nitrogens with zero attached hydrogens (tertiary/aromatic N) is 3. The molecular formula is C14H13N5O3. The number of ether oxygens (including phenoxy) is 1. The number of nitrogens with one attached hydrogen (secondary N) is 1. The van der Waals surface area contributed by atoms with Crippen LogP contribution >= 0.6 is 0 Å². The lowest BCUT2D eigenvalue weighted by Gasteiger charge is -2.09. The van der Waals surface area contributed by atoms with E-state index < -0.39 is 11.6 Å². The zero-order valence-electron chi connectivity index (χ0n) is 12.0. The van der Waals surface area contributed by atoms with Crippen molar-refractivity contribution in [1.29, 1.82) is 0 Å². The topological polar surface area (TPSA) is 116 Å². The van der Waals surface area contributed by atoms with Crippen LogP contribution in [0.25, 0.3) is 16.9 Å². The molecule has 3 N–H and O–H groups in total. The monoisotopic (exact) mass is 299 g/mol. The van der Waals surface area contributed by atoms with Crippen LogP contribution in [0.4, 0.5) is 0 Å². The fourth-order valence-electron chi connectivity index (χ4n) is 2.31. The molecule has 112 valence electrons. The van der Waals surface area contributed by atoms with Crippen molar-refractivity contribution in [3.8, 4) is 11.4 Å². The van der Waals surface area contributed by atoms with Crippen molar-refractivity contribution in [2.75, 3.05) is 7.11 Å². The van der Waals surface area contributed by atoms with Crippen molar-refractivity contribution in [1.82, 2.24) is 19.5 Å². The van der Waals surface area contributed by atoms with E-state index in [0.717, 1.165) is 0 Å². The largest absolute Gasteiger partial charge is 0.495 e. The average molecular weight is 299 g/mol. The molecule has 1 aromatic carbocycles. The van der Waals surface area contributed by atoms with Crippen LogP contribution in [0.1, 0.15) is 16.3 Å². The van der Waals surface area contributed by atoms with Gasteiger partial charge in [0.15, 0.2) is 11.3 Å². The fourth-order valence-corrected chi connectivity index (χ4v) is 2.31. The van der Waals surface area contributed by atoms with Gasteiger partial charge in [-0.05, 0) is 19.1 Å². The Morgan fingerprint density at radius 3 is 2.73 bits per heavy atom. The predicted molar refractivity (Wildman–Crippen MR) is 79.3 cm³/mol. The van der Waals surface area contributed by atoms with Crippen molar-refractivity contribution >= 4 is 17.1 Å². The fraction of sp³-hybridized carbons (Fsp3) is 0.143. The number of imidazole rings is 1. The first-order chi connectivity index (χ1) is 10.5. The summed E-state index contributed by atoms with van der Waals surface area (Å²) in [6.07, 6.45) is 0. The van der Waals surface area contributed by atoms with E-state index >= 15 is 0 Å². The van der Waals surface area contributed by atoms with Crippen molar-refractivity contribution in [3.63, 3.8) is 0 Å². The summed E-state index contributed by atoms with van der Waals surface area (Å²) in [4.78, 5) is 34.7. The number of para-hydroxylation sites is 2. The maximum absolute atomic E-state index is 12.3. The number of hydrogen-bond donors (Lipinski definition) is 2. The minimum Gasteiger partial charge on any atom is -0.495 e. The first-order valence-electron chi connectivity index (χ1n) is 6.45. The van der Waals surface area contributed by atoms with E-state index in [4.69, 9.17) is 10.5 Å². The van der Waals surface area contributed by atoms with Gasteiger partial charge in [-0.15, -0.1) is 0 Å². The number of primary amides is 1. The van der Waals surface area contributed by atoms with Crippen molar-refractivity contribution < 1.29 is 9.53 Å². The molecular weight excluding hydrogens is 286 g/mol. The number of carbonyl (C=O) groups excluding carboxylic acids is 1. The van der Waals surface area contributed by atoms with E-state index in [1.165, 1.54) is 11.7 Å². The summed E-state index contributed by atoms with van der Waals surface area (Å²) < 4.78 is 6.60. The molecule has 0 saturated heterocycles. The molecule has 0 fully saturated rings. The number of benzene rings is 1. The highest BCUT2D eigenvalue weighted by molar-refractivity contribution is 6.01. The molecule has 0 atom stereocenters. The summed E-state index contributed by atoms with van der Waals surface area (Å²) in [7, 11) is 1.51. The van der Waals surface area contributed by atoms with Crippen molar-refractivity contribution in [2.24, 2.45) is 5.73 Å². The van der Waals surface area contributed by atoms with Gasteiger partial charge in [-0.2, -0.15) is 0 Å². The quantitative estimate of drug-likeness (QED) is 0.731. The van der Waals surface area contributed by atoms with Gasteiger partial charge in [-0.1, -0.05) is 12.1 Å². The molecule has 0 saturated carbocycles. The predicted octanol–water partition coefficient (Wildman–Crippen LogP) is 0.525. The lowest BCUT2D eigenvalue weighted by Crippen LogP contribution is -2.16. The van der Waals surface area contributed by atoms with Crippen LogP contribution in [0.2, 0.25) is 0 Å². The Labute approximate surface area is 124 Å². The van der Waals surface area contributed by atoms with Crippen molar-refractivity contribution in [2.45, 2.75) is 6.92 Å². The molecule has 1 amide bonds. The van der Waals surface area contributed by atoms with Crippen LogP contribution in [0.5, 0.6) is 5.75 Å². The van der Waals surface area contributed by atoms with Gasteiger partial charge in [0.25, 0.3) is 5.91 Å². The van der Waals surface area contributed by atoms with Gasteiger partial charge in [-0.25, -0.2) is 19.3 Å². The van der Waals surface area contributed by atoms with Crippen LogP contribution < -0.4 is 16.2 Å². The normalized spacial score (nSPS) is 10.8. The van der Waals surface area contributed by atoms with E-state index in [0.29, 0.717) is 17.3 Å². The highest BCUT2D eigenvalue weighted by atomic mass is 16.5. The highest BCUT2D eigenvalue weighted by Crippen LogP contribution is 2.24. The zero-order valence-corrected chi connectivity index (χ0v) is 12.0. The summed E-state index contributed by atoms with van der Waals surface area (Å²) in [5.41, 5.74) is 5.83. The number of aryl methyl sites for hydroxylation is 1. The van der Waals surface area contributed by atoms with E-state index in [1.54, 1.807) is 31.2 Å². The molecule has 0 aliphatic carbocycles.